The Kier molecular flexibility index (Phi) is 5.35. The number of piperazine rings is 1. The Bertz CT molecular complexity index is 625. The summed E-state index contributed by atoms with van der Waals surface area (Å²) in [7, 11) is 0. The second kappa shape index (κ2) is 7.47. The topological polar surface area (TPSA) is 19.4 Å². The van der Waals surface area contributed by atoms with Crippen LogP contribution in [0.2, 0.25) is 0 Å². The monoisotopic (exact) mass is 337 g/mol. The molecule has 1 aliphatic rings. The van der Waals surface area contributed by atoms with Crippen LogP contribution in [0.4, 0.5) is 8.78 Å². The summed E-state index contributed by atoms with van der Waals surface area (Å²) in [5, 5.41) is 2.09. The Hall–Kier alpha value is -1.37. The highest BCUT2D eigenvalue weighted by Crippen LogP contribution is 2.24. The highest BCUT2D eigenvalue weighted by atomic mass is 32.1. The molecule has 0 saturated carbocycles. The molecule has 3 rings (SSSR count). The van der Waals surface area contributed by atoms with E-state index in [0.29, 0.717) is 5.56 Å². The minimum Gasteiger partial charge on any atom is -0.300 e. The molecule has 0 bridgehead atoms. The SMILES string of the molecule is C[C@H](c1ccc(F)cc1F)N1CCN(CCc2cscn2)CC1. The average molecular weight is 337 g/mol. The van der Waals surface area contributed by atoms with Gasteiger partial charge in [-0.2, -0.15) is 0 Å². The summed E-state index contributed by atoms with van der Waals surface area (Å²) in [5.74, 6) is -0.978. The fourth-order valence-electron chi connectivity index (χ4n) is 3.04. The molecule has 0 aliphatic carbocycles. The summed E-state index contributed by atoms with van der Waals surface area (Å²) in [5.41, 5.74) is 3.59. The van der Waals surface area contributed by atoms with Crippen LogP contribution < -0.4 is 0 Å². The van der Waals surface area contributed by atoms with E-state index in [1.54, 1.807) is 17.4 Å². The standard InChI is InChI=1S/C17H21F2N3S/c1-13(16-3-2-14(18)10-17(16)19)22-8-6-21(7-9-22)5-4-15-11-23-12-20-15/h2-3,10-13H,4-9H2,1H3/t13-/m1/s1. The summed E-state index contributed by atoms with van der Waals surface area (Å²) < 4.78 is 27.0. The van der Waals surface area contributed by atoms with Crippen LogP contribution >= 0.6 is 11.3 Å². The van der Waals surface area contributed by atoms with Crippen molar-refractivity contribution < 1.29 is 8.78 Å². The molecule has 2 aromatic rings. The number of nitrogens with zero attached hydrogens (tertiary/aromatic N) is 3. The van der Waals surface area contributed by atoms with Crippen molar-refractivity contribution in [1.29, 1.82) is 0 Å². The van der Waals surface area contributed by atoms with Crippen molar-refractivity contribution in [3.05, 3.63) is 52.0 Å². The number of hydrogen-bond acceptors (Lipinski definition) is 4. The van der Waals surface area contributed by atoms with Gasteiger partial charge >= 0.3 is 0 Å². The van der Waals surface area contributed by atoms with E-state index < -0.39 is 11.6 Å². The number of benzene rings is 1. The summed E-state index contributed by atoms with van der Waals surface area (Å²) in [6.07, 6.45) is 0.978. The molecular formula is C17H21F2N3S. The molecule has 124 valence electrons. The van der Waals surface area contributed by atoms with Crippen molar-refractivity contribution in [1.82, 2.24) is 14.8 Å². The van der Waals surface area contributed by atoms with Gasteiger partial charge in [0.05, 0.1) is 11.2 Å². The average Bonchev–Trinajstić information content (AvgIpc) is 3.06. The first-order valence-electron chi connectivity index (χ1n) is 7.92. The van der Waals surface area contributed by atoms with Crippen LogP contribution in [-0.2, 0) is 6.42 Å². The summed E-state index contributed by atoms with van der Waals surface area (Å²) in [6, 6.07) is 3.83. The molecule has 2 heterocycles. The lowest BCUT2D eigenvalue weighted by molar-refractivity contribution is 0.101. The smallest absolute Gasteiger partial charge is 0.130 e. The van der Waals surface area contributed by atoms with Gasteiger partial charge < -0.3 is 4.90 Å². The minimum atomic E-state index is -0.523. The van der Waals surface area contributed by atoms with E-state index in [9.17, 15) is 8.78 Å². The van der Waals surface area contributed by atoms with Gasteiger partial charge in [-0.1, -0.05) is 6.07 Å². The largest absolute Gasteiger partial charge is 0.300 e. The molecular weight excluding hydrogens is 316 g/mol. The first kappa shape index (κ1) is 16.5. The molecule has 1 aromatic carbocycles. The Morgan fingerprint density at radius 1 is 1.22 bits per heavy atom. The van der Waals surface area contributed by atoms with Gasteiger partial charge in [-0.3, -0.25) is 4.90 Å². The molecule has 1 saturated heterocycles. The summed E-state index contributed by atoms with van der Waals surface area (Å²) in [4.78, 5) is 8.99. The van der Waals surface area contributed by atoms with Crippen molar-refractivity contribution in [3.63, 3.8) is 0 Å². The van der Waals surface area contributed by atoms with Gasteiger partial charge in [-0.15, -0.1) is 11.3 Å². The minimum absolute atomic E-state index is 0.0312. The summed E-state index contributed by atoms with van der Waals surface area (Å²) in [6.45, 7) is 6.73. The first-order valence-corrected chi connectivity index (χ1v) is 8.86. The van der Waals surface area contributed by atoms with E-state index >= 15 is 0 Å². The van der Waals surface area contributed by atoms with Gasteiger partial charge in [0, 0.05) is 62.2 Å². The predicted octanol–water partition coefficient (Wildman–Crippen LogP) is 3.34. The third-order valence-electron chi connectivity index (χ3n) is 4.53. The molecule has 1 atom stereocenters. The Balaban J connectivity index is 1.51. The maximum Gasteiger partial charge on any atom is 0.130 e. The third kappa shape index (κ3) is 4.13. The quantitative estimate of drug-likeness (QED) is 0.834. The van der Waals surface area contributed by atoms with Crippen LogP contribution in [0.1, 0.15) is 24.2 Å². The molecule has 1 aromatic heterocycles. The van der Waals surface area contributed by atoms with Gasteiger partial charge in [0.1, 0.15) is 11.6 Å². The number of halogens is 2. The van der Waals surface area contributed by atoms with Crippen LogP contribution in [0.15, 0.2) is 29.1 Å². The van der Waals surface area contributed by atoms with Gasteiger partial charge in [-0.25, -0.2) is 13.8 Å². The Labute approximate surface area is 139 Å². The van der Waals surface area contributed by atoms with E-state index in [2.05, 4.69) is 20.2 Å². The van der Waals surface area contributed by atoms with E-state index in [1.807, 2.05) is 12.4 Å². The summed E-state index contributed by atoms with van der Waals surface area (Å²) >= 11 is 1.63. The van der Waals surface area contributed by atoms with Crippen LogP contribution in [0.3, 0.4) is 0 Å². The third-order valence-corrected chi connectivity index (χ3v) is 5.17. The van der Waals surface area contributed by atoms with Crippen LogP contribution in [0, 0.1) is 11.6 Å². The fraction of sp³-hybridized carbons (Fsp3) is 0.471. The zero-order chi connectivity index (χ0) is 16.2. The van der Waals surface area contributed by atoms with Crippen LogP contribution in [-0.4, -0.2) is 47.5 Å². The van der Waals surface area contributed by atoms with Gasteiger partial charge in [0.2, 0.25) is 0 Å². The molecule has 6 heteroatoms. The van der Waals surface area contributed by atoms with E-state index in [-0.39, 0.29) is 6.04 Å². The molecule has 3 nitrogen and oxygen atoms in total. The maximum atomic E-state index is 13.9. The number of hydrogen-bond donors (Lipinski definition) is 0. The highest BCUT2D eigenvalue weighted by molar-refractivity contribution is 7.07. The Morgan fingerprint density at radius 3 is 2.65 bits per heavy atom. The number of aromatic nitrogens is 1. The lowest BCUT2D eigenvalue weighted by Gasteiger charge is -2.38. The first-order chi connectivity index (χ1) is 11.1. The number of thiazole rings is 1. The molecule has 0 N–H and O–H groups in total. The van der Waals surface area contributed by atoms with E-state index in [4.69, 9.17) is 0 Å². The van der Waals surface area contributed by atoms with Crippen molar-refractivity contribution >= 4 is 11.3 Å². The normalized spacial score (nSPS) is 18.2. The van der Waals surface area contributed by atoms with Gasteiger partial charge in [0.25, 0.3) is 0 Å². The number of rotatable bonds is 5. The predicted molar refractivity (Wildman–Crippen MR) is 88.6 cm³/mol. The Morgan fingerprint density at radius 2 is 2.00 bits per heavy atom. The molecule has 23 heavy (non-hydrogen) atoms. The van der Waals surface area contributed by atoms with Crippen LogP contribution in [0.5, 0.6) is 0 Å². The van der Waals surface area contributed by atoms with Gasteiger partial charge in [-0.05, 0) is 13.0 Å². The lowest BCUT2D eigenvalue weighted by atomic mass is 10.1. The van der Waals surface area contributed by atoms with E-state index in [0.717, 1.165) is 50.9 Å². The van der Waals surface area contributed by atoms with Crippen molar-refractivity contribution in [2.24, 2.45) is 0 Å². The molecule has 1 aliphatic heterocycles. The van der Waals surface area contributed by atoms with Crippen molar-refractivity contribution in [2.45, 2.75) is 19.4 Å². The maximum absolute atomic E-state index is 13.9. The second-order valence-electron chi connectivity index (χ2n) is 5.95. The second-order valence-corrected chi connectivity index (χ2v) is 6.67. The molecule has 0 unspecified atom stereocenters. The zero-order valence-corrected chi connectivity index (χ0v) is 14.0. The van der Waals surface area contributed by atoms with Crippen LogP contribution in [0.25, 0.3) is 0 Å². The van der Waals surface area contributed by atoms with Crippen molar-refractivity contribution in [3.8, 4) is 0 Å². The molecule has 0 amide bonds. The van der Waals surface area contributed by atoms with Gasteiger partial charge in [0.15, 0.2) is 0 Å². The highest BCUT2D eigenvalue weighted by Gasteiger charge is 2.23. The molecule has 1 fully saturated rings. The fourth-order valence-corrected chi connectivity index (χ4v) is 3.64. The zero-order valence-electron chi connectivity index (χ0n) is 13.2. The van der Waals surface area contributed by atoms with E-state index in [1.165, 1.54) is 6.07 Å². The van der Waals surface area contributed by atoms with Crippen molar-refractivity contribution in [2.75, 3.05) is 32.7 Å². The lowest BCUT2D eigenvalue weighted by Crippen LogP contribution is -2.47. The molecule has 0 spiro atoms. The molecule has 0 radical (unpaired) electrons.